The molecule has 134 valence electrons. The second kappa shape index (κ2) is 7.23. The highest BCUT2D eigenvalue weighted by Crippen LogP contribution is 2.16. The van der Waals surface area contributed by atoms with Crippen LogP contribution in [0.4, 0.5) is 4.79 Å². The molecule has 1 aromatic heterocycles. The van der Waals surface area contributed by atoms with Gasteiger partial charge in [0, 0.05) is 38.1 Å². The number of carbonyl (C=O) groups excluding carboxylic acids is 2. The van der Waals surface area contributed by atoms with Crippen molar-refractivity contribution in [3.8, 4) is 0 Å². The molecule has 1 aliphatic rings. The van der Waals surface area contributed by atoms with Gasteiger partial charge in [0.25, 0.3) is 0 Å². The van der Waals surface area contributed by atoms with E-state index in [2.05, 4.69) is 5.10 Å². The van der Waals surface area contributed by atoms with E-state index in [4.69, 9.17) is 4.74 Å². The van der Waals surface area contributed by atoms with Crippen molar-refractivity contribution in [2.75, 3.05) is 26.2 Å². The standard InChI is InChI=1S/C17H28N4O3/c1-13-7-8-18-21(13)14(2)15(22)19-9-6-10-20(12-11-19)16(23)24-17(3,4)5/h7-8,14H,6,9-12H2,1-5H3. The summed E-state index contributed by atoms with van der Waals surface area (Å²) in [6, 6.07) is 1.55. The minimum atomic E-state index is -0.509. The zero-order valence-corrected chi connectivity index (χ0v) is 15.3. The lowest BCUT2D eigenvalue weighted by Gasteiger charge is -2.27. The first kappa shape index (κ1) is 18.3. The van der Waals surface area contributed by atoms with E-state index in [1.165, 1.54) is 0 Å². The third-order valence-electron chi connectivity index (χ3n) is 4.05. The van der Waals surface area contributed by atoms with Gasteiger partial charge >= 0.3 is 6.09 Å². The number of aryl methyl sites for hydroxylation is 1. The quantitative estimate of drug-likeness (QED) is 0.830. The Kier molecular flexibility index (Phi) is 5.51. The van der Waals surface area contributed by atoms with Crippen molar-refractivity contribution in [2.24, 2.45) is 0 Å². The summed E-state index contributed by atoms with van der Waals surface area (Å²) in [5, 5.41) is 4.22. The Bertz CT molecular complexity index is 591. The Labute approximate surface area is 143 Å². The van der Waals surface area contributed by atoms with Gasteiger partial charge in [-0.25, -0.2) is 4.79 Å². The topological polar surface area (TPSA) is 67.7 Å². The molecule has 2 rings (SSSR count). The highest BCUT2D eigenvalue weighted by molar-refractivity contribution is 5.80. The second-order valence-corrected chi connectivity index (χ2v) is 7.24. The third kappa shape index (κ3) is 4.49. The molecule has 1 fully saturated rings. The molecule has 0 aliphatic carbocycles. The van der Waals surface area contributed by atoms with Gasteiger partial charge in [-0.05, 0) is 47.1 Å². The molecule has 0 radical (unpaired) electrons. The smallest absolute Gasteiger partial charge is 0.410 e. The molecule has 1 aromatic rings. The van der Waals surface area contributed by atoms with Crippen LogP contribution in [0.3, 0.4) is 0 Å². The number of rotatable bonds is 2. The van der Waals surface area contributed by atoms with Crippen LogP contribution in [0.25, 0.3) is 0 Å². The summed E-state index contributed by atoms with van der Waals surface area (Å²) in [5.41, 5.74) is 0.450. The average molecular weight is 336 g/mol. The number of aromatic nitrogens is 2. The van der Waals surface area contributed by atoms with E-state index in [0.29, 0.717) is 26.2 Å². The SMILES string of the molecule is Cc1ccnn1C(C)C(=O)N1CCCN(C(=O)OC(C)(C)C)CC1. The van der Waals surface area contributed by atoms with Gasteiger partial charge in [0.1, 0.15) is 11.6 Å². The van der Waals surface area contributed by atoms with E-state index in [1.54, 1.807) is 15.8 Å². The number of amides is 2. The van der Waals surface area contributed by atoms with Crippen LogP contribution in [0.15, 0.2) is 12.3 Å². The lowest BCUT2D eigenvalue weighted by Crippen LogP contribution is -2.41. The summed E-state index contributed by atoms with van der Waals surface area (Å²) < 4.78 is 7.15. The largest absolute Gasteiger partial charge is 0.444 e. The van der Waals surface area contributed by atoms with Crippen LogP contribution in [0.1, 0.15) is 45.9 Å². The van der Waals surface area contributed by atoms with E-state index in [9.17, 15) is 9.59 Å². The second-order valence-electron chi connectivity index (χ2n) is 7.24. The lowest BCUT2D eigenvalue weighted by atomic mass is 10.2. The average Bonchev–Trinajstić information content (AvgIpc) is 2.76. The van der Waals surface area contributed by atoms with Crippen molar-refractivity contribution in [1.82, 2.24) is 19.6 Å². The Balaban J connectivity index is 1.96. The predicted octanol–water partition coefficient (Wildman–Crippen LogP) is 2.22. The number of hydrogen-bond acceptors (Lipinski definition) is 4. The normalized spacial score (nSPS) is 17.4. The Morgan fingerprint density at radius 3 is 2.38 bits per heavy atom. The molecular weight excluding hydrogens is 308 g/mol. The van der Waals surface area contributed by atoms with Gasteiger partial charge in [-0.1, -0.05) is 0 Å². The van der Waals surface area contributed by atoms with Gasteiger partial charge in [0.2, 0.25) is 5.91 Å². The van der Waals surface area contributed by atoms with Crippen molar-refractivity contribution in [2.45, 2.75) is 52.7 Å². The molecule has 0 N–H and O–H groups in total. The Hall–Kier alpha value is -2.05. The molecule has 1 unspecified atom stereocenters. The fraction of sp³-hybridized carbons (Fsp3) is 0.706. The Morgan fingerprint density at radius 2 is 1.79 bits per heavy atom. The van der Waals surface area contributed by atoms with Crippen molar-refractivity contribution in [3.63, 3.8) is 0 Å². The highest BCUT2D eigenvalue weighted by Gasteiger charge is 2.28. The van der Waals surface area contributed by atoms with Crippen molar-refractivity contribution >= 4 is 12.0 Å². The molecule has 1 atom stereocenters. The van der Waals surface area contributed by atoms with Crippen LogP contribution in [0.5, 0.6) is 0 Å². The first-order valence-corrected chi connectivity index (χ1v) is 8.46. The predicted molar refractivity (Wildman–Crippen MR) is 90.7 cm³/mol. The minimum Gasteiger partial charge on any atom is -0.444 e. The van der Waals surface area contributed by atoms with Gasteiger partial charge in [0.05, 0.1) is 0 Å². The molecule has 0 bridgehead atoms. The molecule has 0 saturated carbocycles. The van der Waals surface area contributed by atoms with Gasteiger partial charge in [-0.2, -0.15) is 5.10 Å². The number of hydrogen-bond donors (Lipinski definition) is 0. The molecule has 24 heavy (non-hydrogen) atoms. The molecule has 0 spiro atoms. The molecule has 2 heterocycles. The van der Waals surface area contributed by atoms with Crippen molar-refractivity contribution in [1.29, 1.82) is 0 Å². The monoisotopic (exact) mass is 336 g/mol. The summed E-state index contributed by atoms with van der Waals surface area (Å²) in [6.45, 7) is 11.6. The maximum atomic E-state index is 12.7. The van der Waals surface area contributed by atoms with Gasteiger partial charge < -0.3 is 14.5 Å². The molecule has 2 amide bonds. The van der Waals surface area contributed by atoms with E-state index >= 15 is 0 Å². The first-order valence-electron chi connectivity index (χ1n) is 8.46. The summed E-state index contributed by atoms with van der Waals surface area (Å²) in [4.78, 5) is 28.4. The lowest BCUT2D eigenvalue weighted by molar-refractivity contribution is -0.134. The molecule has 1 saturated heterocycles. The summed E-state index contributed by atoms with van der Waals surface area (Å²) in [5.74, 6) is 0.0350. The number of ether oxygens (including phenoxy) is 1. The van der Waals surface area contributed by atoms with Crippen LogP contribution < -0.4 is 0 Å². The van der Waals surface area contributed by atoms with E-state index < -0.39 is 5.60 Å². The zero-order chi connectivity index (χ0) is 17.9. The zero-order valence-electron chi connectivity index (χ0n) is 15.3. The van der Waals surface area contributed by atoms with Gasteiger partial charge in [0.15, 0.2) is 0 Å². The van der Waals surface area contributed by atoms with E-state index in [1.807, 2.05) is 45.6 Å². The van der Waals surface area contributed by atoms with Crippen LogP contribution in [0, 0.1) is 6.92 Å². The number of carbonyl (C=O) groups is 2. The fourth-order valence-corrected chi connectivity index (χ4v) is 2.80. The van der Waals surface area contributed by atoms with Crippen LogP contribution in [-0.4, -0.2) is 63.4 Å². The molecule has 0 aromatic carbocycles. The van der Waals surface area contributed by atoms with Crippen molar-refractivity contribution < 1.29 is 14.3 Å². The Morgan fingerprint density at radius 1 is 1.17 bits per heavy atom. The molecular formula is C17H28N4O3. The highest BCUT2D eigenvalue weighted by atomic mass is 16.6. The summed E-state index contributed by atoms with van der Waals surface area (Å²) in [6.07, 6.45) is 2.13. The van der Waals surface area contributed by atoms with Crippen LogP contribution >= 0.6 is 0 Å². The fourth-order valence-electron chi connectivity index (χ4n) is 2.80. The minimum absolute atomic E-state index is 0.0350. The number of nitrogens with zero attached hydrogens (tertiary/aromatic N) is 4. The van der Waals surface area contributed by atoms with E-state index in [0.717, 1.165) is 12.1 Å². The van der Waals surface area contributed by atoms with Crippen molar-refractivity contribution in [3.05, 3.63) is 18.0 Å². The maximum Gasteiger partial charge on any atom is 0.410 e. The first-order chi connectivity index (χ1) is 11.2. The maximum absolute atomic E-state index is 12.7. The van der Waals surface area contributed by atoms with Crippen LogP contribution in [-0.2, 0) is 9.53 Å². The summed E-state index contributed by atoms with van der Waals surface area (Å²) >= 11 is 0. The van der Waals surface area contributed by atoms with Gasteiger partial charge in [-0.15, -0.1) is 0 Å². The molecule has 1 aliphatic heterocycles. The third-order valence-corrected chi connectivity index (χ3v) is 4.05. The summed E-state index contributed by atoms with van der Waals surface area (Å²) in [7, 11) is 0. The van der Waals surface area contributed by atoms with Crippen LogP contribution in [0.2, 0.25) is 0 Å². The molecule has 7 nitrogen and oxygen atoms in total. The van der Waals surface area contributed by atoms with Gasteiger partial charge in [-0.3, -0.25) is 9.48 Å². The molecule has 7 heteroatoms. The van der Waals surface area contributed by atoms with E-state index in [-0.39, 0.29) is 18.0 Å².